The maximum atomic E-state index is 13.0. The lowest BCUT2D eigenvalue weighted by molar-refractivity contribution is 0.0685. The summed E-state index contributed by atoms with van der Waals surface area (Å²) in [5.74, 6) is -3.19. The van der Waals surface area contributed by atoms with Crippen LogP contribution in [-0.2, 0) is 0 Å². The molecule has 0 aliphatic carbocycles. The highest BCUT2D eigenvalue weighted by Gasteiger charge is 2.14. The predicted octanol–water partition coefficient (Wildman–Crippen LogP) is 2.60. The lowest BCUT2D eigenvalue weighted by atomic mass is 10.3. The maximum absolute atomic E-state index is 13.0. The van der Waals surface area contributed by atoms with E-state index >= 15 is 0 Å². The number of benzene rings is 1. The van der Waals surface area contributed by atoms with Gasteiger partial charge in [-0.1, -0.05) is 11.8 Å². The highest BCUT2D eigenvalue weighted by molar-refractivity contribution is 7.99. The van der Waals surface area contributed by atoms with Gasteiger partial charge in [-0.05, 0) is 18.2 Å². The largest absolute Gasteiger partial charge is 0.476 e. The summed E-state index contributed by atoms with van der Waals surface area (Å²) in [6.07, 6.45) is 2.58. The minimum atomic E-state index is -1.23. The second-order valence-corrected chi connectivity index (χ2v) is 4.26. The van der Waals surface area contributed by atoms with E-state index in [-0.39, 0.29) is 10.7 Å². The van der Waals surface area contributed by atoms with Gasteiger partial charge >= 0.3 is 5.97 Å². The Morgan fingerprint density at radius 2 is 1.89 bits per heavy atom. The van der Waals surface area contributed by atoms with Gasteiger partial charge in [0.2, 0.25) is 0 Å². The zero-order chi connectivity index (χ0) is 13.1. The molecule has 0 unspecified atom stereocenters. The number of carbonyl (C=O) groups is 1. The van der Waals surface area contributed by atoms with Gasteiger partial charge in [0.1, 0.15) is 5.03 Å². The zero-order valence-electron chi connectivity index (χ0n) is 8.80. The standard InChI is InChI=1S/C11H6F2N2O2S/c12-7-2-1-6(5-8(7)13)18-10-9(11(16)17)14-3-4-15-10/h1-5H,(H,16,17). The molecular formula is C11H6F2N2O2S. The fraction of sp³-hybridized carbons (Fsp3) is 0. The van der Waals surface area contributed by atoms with E-state index < -0.39 is 17.6 Å². The van der Waals surface area contributed by atoms with Gasteiger partial charge < -0.3 is 5.11 Å². The first-order chi connectivity index (χ1) is 8.58. The summed E-state index contributed by atoms with van der Waals surface area (Å²) in [4.78, 5) is 18.7. The van der Waals surface area contributed by atoms with Crippen LogP contribution in [0.2, 0.25) is 0 Å². The Balaban J connectivity index is 2.34. The molecule has 0 aliphatic rings. The Kier molecular flexibility index (Phi) is 3.52. The number of aromatic nitrogens is 2. The van der Waals surface area contributed by atoms with Crippen molar-refractivity contribution >= 4 is 17.7 Å². The van der Waals surface area contributed by atoms with Crippen molar-refractivity contribution in [3.05, 3.63) is 47.9 Å². The normalized spacial score (nSPS) is 10.3. The van der Waals surface area contributed by atoms with Crippen LogP contribution in [-0.4, -0.2) is 21.0 Å². The Hall–Kier alpha value is -2.02. The summed E-state index contributed by atoms with van der Waals surface area (Å²) in [6.45, 7) is 0. The maximum Gasteiger partial charge on any atom is 0.357 e. The Bertz CT molecular complexity index is 607. The first kappa shape index (κ1) is 12.4. The van der Waals surface area contributed by atoms with Gasteiger partial charge in [0.25, 0.3) is 0 Å². The molecule has 0 saturated heterocycles. The summed E-state index contributed by atoms with van der Waals surface area (Å²) in [5.41, 5.74) is -0.229. The number of aromatic carboxylic acids is 1. The van der Waals surface area contributed by atoms with E-state index in [2.05, 4.69) is 9.97 Å². The van der Waals surface area contributed by atoms with Crippen LogP contribution in [0.4, 0.5) is 8.78 Å². The molecule has 0 saturated carbocycles. The number of halogens is 2. The zero-order valence-corrected chi connectivity index (χ0v) is 9.62. The van der Waals surface area contributed by atoms with Crippen molar-refractivity contribution in [2.75, 3.05) is 0 Å². The average Bonchev–Trinajstić information content (AvgIpc) is 2.34. The first-order valence-electron chi connectivity index (χ1n) is 4.75. The number of carboxylic acid groups (broad SMARTS) is 1. The van der Waals surface area contributed by atoms with Gasteiger partial charge in [0.15, 0.2) is 17.3 Å². The molecule has 0 bridgehead atoms. The highest BCUT2D eigenvalue weighted by Crippen LogP contribution is 2.28. The first-order valence-corrected chi connectivity index (χ1v) is 5.57. The third-order valence-electron chi connectivity index (χ3n) is 1.97. The summed E-state index contributed by atoms with van der Waals surface area (Å²) in [7, 11) is 0. The smallest absolute Gasteiger partial charge is 0.357 e. The molecule has 1 aromatic heterocycles. The molecule has 0 aliphatic heterocycles. The number of rotatable bonds is 3. The van der Waals surface area contributed by atoms with Crippen LogP contribution in [0, 0.1) is 11.6 Å². The van der Waals surface area contributed by atoms with E-state index in [4.69, 9.17) is 5.11 Å². The van der Waals surface area contributed by atoms with Crippen LogP contribution in [0.15, 0.2) is 40.5 Å². The van der Waals surface area contributed by atoms with Gasteiger partial charge in [-0.25, -0.2) is 23.5 Å². The third-order valence-corrected chi connectivity index (χ3v) is 2.95. The number of hydrogen-bond donors (Lipinski definition) is 1. The minimum Gasteiger partial charge on any atom is -0.476 e. The third kappa shape index (κ3) is 2.62. The molecule has 18 heavy (non-hydrogen) atoms. The second-order valence-electron chi connectivity index (χ2n) is 3.19. The molecule has 0 fully saturated rings. The van der Waals surface area contributed by atoms with Crippen LogP contribution in [0.5, 0.6) is 0 Å². The van der Waals surface area contributed by atoms with Gasteiger partial charge in [-0.15, -0.1) is 0 Å². The Morgan fingerprint density at radius 1 is 1.17 bits per heavy atom. The molecule has 2 rings (SSSR count). The molecule has 2 aromatic rings. The molecule has 4 nitrogen and oxygen atoms in total. The minimum absolute atomic E-state index is 0.121. The molecule has 1 heterocycles. The van der Waals surface area contributed by atoms with E-state index in [0.29, 0.717) is 4.90 Å². The van der Waals surface area contributed by atoms with E-state index in [1.54, 1.807) is 0 Å². The highest BCUT2D eigenvalue weighted by atomic mass is 32.2. The van der Waals surface area contributed by atoms with Crippen molar-refractivity contribution in [3.8, 4) is 0 Å². The Labute approximate surface area is 105 Å². The van der Waals surface area contributed by atoms with Crippen LogP contribution in [0.3, 0.4) is 0 Å². The fourth-order valence-corrected chi connectivity index (χ4v) is 2.07. The monoisotopic (exact) mass is 268 g/mol. The molecule has 0 amide bonds. The molecule has 92 valence electrons. The van der Waals surface area contributed by atoms with Crippen molar-refractivity contribution < 1.29 is 18.7 Å². The van der Waals surface area contributed by atoms with Gasteiger partial charge in [-0.3, -0.25) is 0 Å². The topological polar surface area (TPSA) is 63.1 Å². The summed E-state index contributed by atoms with van der Waals surface area (Å²) < 4.78 is 25.7. The van der Waals surface area contributed by atoms with Crippen LogP contribution >= 0.6 is 11.8 Å². The van der Waals surface area contributed by atoms with Crippen LogP contribution in [0.1, 0.15) is 10.5 Å². The number of hydrogen-bond acceptors (Lipinski definition) is 4. The average molecular weight is 268 g/mol. The molecule has 0 atom stereocenters. The van der Waals surface area contributed by atoms with Crippen LogP contribution in [0.25, 0.3) is 0 Å². The van der Waals surface area contributed by atoms with Crippen molar-refractivity contribution in [3.63, 3.8) is 0 Å². The molecular weight excluding hydrogens is 262 g/mol. The molecule has 0 spiro atoms. The SMILES string of the molecule is O=C(O)c1nccnc1Sc1ccc(F)c(F)c1. The molecule has 0 radical (unpaired) electrons. The van der Waals surface area contributed by atoms with Crippen molar-refractivity contribution in [1.29, 1.82) is 0 Å². The van der Waals surface area contributed by atoms with Crippen molar-refractivity contribution in [2.45, 2.75) is 9.92 Å². The van der Waals surface area contributed by atoms with E-state index in [1.807, 2.05) is 0 Å². The second kappa shape index (κ2) is 5.09. The van der Waals surface area contributed by atoms with E-state index in [1.165, 1.54) is 18.5 Å². The van der Waals surface area contributed by atoms with Crippen molar-refractivity contribution in [1.82, 2.24) is 9.97 Å². The van der Waals surface area contributed by atoms with E-state index in [9.17, 15) is 13.6 Å². The number of nitrogens with zero attached hydrogens (tertiary/aromatic N) is 2. The van der Waals surface area contributed by atoms with Gasteiger partial charge in [-0.2, -0.15) is 0 Å². The van der Waals surface area contributed by atoms with Crippen molar-refractivity contribution in [2.24, 2.45) is 0 Å². The molecule has 1 aromatic carbocycles. The quantitative estimate of drug-likeness (QED) is 0.927. The van der Waals surface area contributed by atoms with E-state index in [0.717, 1.165) is 23.9 Å². The fourth-order valence-electron chi connectivity index (χ4n) is 1.20. The summed E-state index contributed by atoms with van der Waals surface area (Å²) >= 11 is 0.904. The molecule has 1 N–H and O–H groups in total. The summed E-state index contributed by atoms with van der Waals surface area (Å²) in [5, 5.41) is 9.01. The number of carboxylic acids is 1. The van der Waals surface area contributed by atoms with Crippen LogP contribution < -0.4 is 0 Å². The predicted molar refractivity (Wildman–Crippen MR) is 59.5 cm³/mol. The summed E-state index contributed by atoms with van der Waals surface area (Å²) in [6, 6.07) is 3.28. The molecule has 7 heteroatoms. The lowest BCUT2D eigenvalue weighted by Crippen LogP contribution is -2.03. The van der Waals surface area contributed by atoms with Gasteiger partial charge in [0.05, 0.1) is 0 Å². The Morgan fingerprint density at radius 3 is 2.56 bits per heavy atom. The van der Waals surface area contributed by atoms with Gasteiger partial charge in [0, 0.05) is 17.3 Å². The lowest BCUT2D eigenvalue weighted by Gasteiger charge is -2.03.